The lowest BCUT2D eigenvalue weighted by Gasteiger charge is -2.35. The number of likely N-dealkylation sites (tertiary alicyclic amines) is 1. The molecular formula is C22H29N3O2S. The number of benzene rings is 1. The molecule has 2 aliphatic rings. The third kappa shape index (κ3) is 3.97. The minimum Gasteiger partial charge on any atom is -0.341 e. The quantitative estimate of drug-likeness (QED) is 0.573. The molecule has 28 heavy (non-hydrogen) atoms. The van der Waals surface area contributed by atoms with Crippen molar-refractivity contribution in [3.05, 3.63) is 34.6 Å². The van der Waals surface area contributed by atoms with Crippen LogP contribution in [0.25, 0.3) is 10.9 Å². The second-order valence-electron chi connectivity index (χ2n) is 8.56. The molecule has 2 heterocycles. The van der Waals surface area contributed by atoms with Crippen molar-refractivity contribution in [2.45, 2.75) is 57.1 Å². The summed E-state index contributed by atoms with van der Waals surface area (Å²) in [5.41, 5.74) is 0.754. The van der Waals surface area contributed by atoms with Crippen LogP contribution in [0, 0.1) is 11.8 Å². The molecule has 1 aromatic carbocycles. The van der Waals surface area contributed by atoms with Gasteiger partial charge in [-0.3, -0.25) is 14.2 Å². The number of carbonyl (C=O) groups is 1. The summed E-state index contributed by atoms with van der Waals surface area (Å²) in [5.74, 6) is 1.60. The molecule has 0 bridgehead atoms. The highest BCUT2D eigenvalue weighted by Crippen LogP contribution is 2.32. The van der Waals surface area contributed by atoms with Crippen molar-refractivity contribution in [1.82, 2.24) is 14.5 Å². The lowest BCUT2D eigenvalue weighted by Crippen LogP contribution is -2.43. The number of amides is 1. The van der Waals surface area contributed by atoms with Crippen LogP contribution in [0.3, 0.4) is 0 Å². The first kappa shape index (κ1) is 19.5. The van der Waals surface area contributed by atoms with Gasteiger partial charge in [-0.05, 0) is 43.2 Å². The van der Waals surface area contributed by atoms with Crippen molar-refractivity contribution in [2.75, 3.05) is 18.8 Å². The summed E-state index contributed by atoms with van der Waals surface area (Å²) in [6.45, 7) is 6.10. The van der Waals surface area contributed by atoms with Gasteiger partial charge in [0.1, 0.15) is 0 Å². The Labute approximate surface area is 170 Å². The van der Waals surface area contributed by atoms with E-state index in [0.29, 0.717) is 28.1 Å². The van der Waals surface area contributed by atoms with Crippen LogP contribution in [-0.4, -0.2) is 39.2 Å². The number of thioether (sulfide) groups is 1. The second-order valence-corrected chi connectivity index (χ2v) is 9.50. The average Bonchev–Trinajstić information content (AvgIpc) is 3.19. The second kappa shape index (κ2) is 8.27. The Kier molecular flexibility index (Phi) is 5.76. The van der Waals surface area contributed by atoms with Crippen LogP contribution < -0.4 is 5.56 Å². The van der Waals surface area contributed by atoms with Gasteiger partial charge in [0.25, 0.3) is 5.56 Å². The van der Waals surface area contributed by atoms with E-state index in [0.717, 1.165) is 44.3 Å². The number of piperidine rings is 1. The Morgan fingerprint density at radius 3 is 2.54 bits per heavy atom. The normalized spacial score (nSPS) is 23.4. The first-order valence-corrected chi connectivity index (χ1v) is 11.4. The number of fused-ring (bicyclic) bond motifs is 1. The van der Waals surface area contributed by atoms with Gasteiger partial charge < -0.3 is 4.90 Å². The SMILES string of the molecule is C[C@H]1C[C@H](C)CN(C(=O)CSc2nc3ccccc3c(=O)n2C2CCCC2)C1. The fourth-order valence-corrected chi connectivity index (χ4v) is 5.77. The summed E-state index contributed by atoms with van der Waals surface area (Å²) in [5, 5.41) is 1.37. The fraction of sp³-hybridized carbons (Fsp3) is 0.591. The number of carbonyl (C=O) groups excluding carboxylic acids is 1. The molecule has 1 amide bonds. The number of hydrogen-bond acceptors (Lipinski definition) is 4. The number of hydrogen-bond donors (Lipinski definition) is 0. The van der Waals surface area contributed by atoms with Crippen LogP contribution in [-0.2, 0) is 4.79 Å². The van der Waals surface area contributed by atoms with E-state index in [-0.39, 0.29) is 17.5 Å². The van der Waals surface area contributed by atoms with Crippen molar-refractivity contribution in [3.63, 3.8) is 0 Å². The zero-order valence-corrected chi connectivity index (χ0v) is 17.6. The molecular weight excluding hydrogens is 370 g/mol. The molecule has 0 unspecified atom stereocenters. The number of para-hydroxylation sites is 1. The van der Waals surface area contributed by atoms with Crippen LogP contribution >= 0.6 is 11.8 Å². The lowest BCUT2D eigenvalue weighted by atomic mass is 9.92. The van der Waals surface area contributed by atoms with Gasteiger partial charge in [-0.1, -0.05) is 50.6 Å². The van der Waals surface area contributed by atoms with Gasteiger partial charge in [0, 0.05) is 19.1 Å². The van der Waals surface area contributed by atoms with Crippen molar-refractivity contribution in [2.24, 2.45) is 11.8 Å². The van der Waals surface area contributed by atoms with E-state index < -0.39 is 0 Å². The molecule has 0 N–H and O–H groups in total. The van der Waals surface area contributed by atoms with Gasteiger partial charge in [0.15, 0.2) is 5.16 Å². The van der Waals surface area contributed by atoms with Gasteiger partial charge in [-0.15, -0.1) is 0 Å². The fourth-order valence-electron chi connectivity index (χ4n) is 4.80. The molecule has 150 valence electrons. The summed E-state index contributed by atoms with van der Waals surface area (Å²) < 4.78 is 1.87. The van der Waals surface area contributed by atoms with E-state index in [1.54, 1.807) is 0 Å². The monoisotopic (exact) mass is 399 g/mol. The van der Waals surface area contributed by atoms with E-state index in [4.69, 9.17) is 4.98 Å². The van der Waals surface area contributed by atoms with Gasteiger partial charge >= 0.3 is 0 Å². The maximum atomic E-state index is 13.2. The lowest BCUT2D eigenvalue weighted by molar-refractivity contribution is -0.130. The first-order chi connectivity index (χ1) is 13.5. The number of aromatic nitrogens is 2. The van der Waals surface area contributed by atoms with Crippen molar-refractivity contribution < 1.29 is 4.79 Å². The Morgan fingerprint density at radius 2 is 1.82 bits per heavy atom. The predicted octanol–water partition coefficient (Wildman–Crippen LogP) is 4.11. The highest BCUT2D eigenvalue weighted by Gasteiger charge is 2.27. The molecule has 1 saturated heterocycles. The van der Waals surface area contributed by atoms with Gasteiger partial charge in [0.05, 0.1) is 16.7 Å². The molecule has 2 fully saturated rings. The zero-order chi connectivity index (χ0) is 19.7. The largest absolute Gasteiger partial charge is 0.341 e. The molecule has 6 heteroatoms. The van der Waals surface area contributed by atoms with Crippen LogP contribution in [0.1, 0.15) is 52.0 Å². The molecule has 0 spiro atoms. The van der Waals surface area contributed by atoms with Crippen LogP contribution in [0.4, 0.5) is 0 Å². The van der Waals surface area contributed by atoms with E-state index in [9.17, 15) is 9.59 Å². The topological polar surface area (TPSA) is 55.2 Å². The van der Waals surface area contributed by atoms with Gasteiger partial charge in [0.2, 0.25) is 5.91 Å². The Morgan fingerprint density at radius 1 is 1.14 bits per heavy atom. The summed E-state index contributed by atoms with van der Waals surface area (Å²) in [7, 11) is 0. The minimum atomic E-state index is 0.0349. The Bertz CT molecular complexity index is 910. The summed E-state index contributed by atoms with van der Waals surface area (Å²) >= 11 is 1.43. The van der Waals surface area contributed by atoms with E-state index in [1.807, 2.05) is 33.7 Å². The summed E-state index contributed by atoms with van der Waals surface area (Å²) in [6, 6.07) is 7.74. The third-order valence-electron chi connectivity index (χ3n) is 6.01. The van der Waals surface area contributed by atoms with Crippen molar-refractivity contribution in [1.29, 1.82) is 0 Å². The third-order valence-corrected chi connectivity index (χ3v) is 6.95. The molecule has 5 nitrogen and oxygen atoms in total. The first-order valence-electron chi connectivity index (χ1n) is 10.4. The zero-order valence-electron chi connectivity index (χ0n) is 16.8. The molecule has 0 radical (unpaired) electrons. The predicted molar refractivity (Wildman–Crippen MR) is 114 cm³/mol. The smallest absolute Gasteiger partial charge is 0.262 e. The van der Waals surface area contributed by atoms with E-state index in [2.05, 4.69) is 13.8 Å². The standard InChI is InChI=1S/C22H29N3O2S/c1-15-11-16(2)13-24(12-15)20(26)14-28-22-23-19-10-6-5-9-18(19)21(27)25(22)17-7-3-4-8-17/h5-6,9-10,15-17H,3-4,7-8,11-14H2,1-2H3/t15-,16-/m0/s1. The summed E-state index contributed by atoms with van der Waals surface area (Å²) in [4.78, 5) is 32.8. The summed E-state index contributed by atoms with van der Waals surface area (Å²) in [6.07, 6.45) is 5.52. The molecule has 1 saturated carbocycles. The average molecular weight is 400 g/mol. The molecule has 2 aromatic rings. The molecule has 2 atom stereocenters. The number of rotatable bonds is 4. The van der Waals surface area contributed by atoms with E-state index >= 15 is 0 Å². The van der Waals surface area contributed by atoms with E-state index in [1.165, 1.54) is 18.2 Å². The highest BCUT2D eigenvalue weighted by molar-refractivity contribution is 7.99. The van der Waals surface area contributed by atoms with Gasteiger partial charge in [-0.25, -0.2) is 4.98 Å². The van der Waals surface area contributed by atoms with Crippen molar-refractivity contribution in [3.8, 4) is 0 Å². The molecule has 4 rings (SSSR count). The van der Waals surface area contributed by atoms with Gasteiger partial charge in [-0.2, -0.15) is 0 Å². The molecule has 1 aliphatic heterocycles. The van der Waals surface area contributed by atoms with Crippen molar-refractivity contribution >= 4 is 28.6 Å². The van der Waals surface area contributed by atoms with Crippen LogP contribution in [0.15, 0.2) is 34.2 Å². The van der Waals surface area contributed by atoms with Crippen LogP contribution in [0.5, 0.6) is 0 Å². The van der Waals surface area contributed by atoms with Crippen LogP contribution in [0.2, 0.25) is 0 Å². The molecule has 1 aromatic heterocycles. The minimum absolute atomic E-state index is 0.0349. The number of nitrogens with zero attached hydrogens (tertiary/aromatic N) is 3. The maximum Gasteiger partial charge on any atom is 0.262 e. The Balaban J connectivity index is 1.59. The maximum absolute atomic E-state index is 13.2. The highest BCUT2D eigenvalue weighted by atomic mass is 32.2. The molecule has 1 aliphatic carbocycles. The Hall–Kier alpha value is -1.82.